The minimum atomic E-state index is -1.79. The number of nitrogens with one attached hydrogen (secondary N) is 4. The minimum Gasteiger partial charge on any atom is -0.339 e. The third-order valence-electron chi connectivity index (χ3n) is 4.13. The summed E-state index contributed by atoms with van der Waals surface area (Å²) in [6.07, 6.45) is 5.84. The molecule has 0 heterocycles. The highest BCUT2D eigenvalue weighted by Gasteiger charge is 2.34. The fraction of sp³-hybridized carbons (Fsp3) is 0.550. The number of anilines is 2. The molecule has 0 aromatic heterocycles. The molecule has 4 N–H and O–H groups in total. The molecule has 0 bridgehead atoms. The first kappa shape index (κ1) is 26.8. The topological polar surface area (TPSA) is 82.3 Å². The van der Waals surface area contributed by atoms with E-state index in [1.807, 2.05) is 0 Å². The lowest BCUT2D eigenvalue weighted by Crippen LogP contribution is -2.56. The van der Waals surface area contributed by atoms with Gasteiger partial charge in [-0.25, -0.2) is 0 Å². The Bertz CT molecular complexity index is 696. The van der Waals surface area contributed by atoms with Crippen molar-refractivity contribution < 1.29 is 9.59 Å². The molecule has 6 nitrogen and oxygen atoms in total. The van der Waals surface area contributed by atoms with E-state index in [-0.39, 0.29) is 16.9 Å². The normalized spacial score (nSPS) is 12.0. The molecule has 0 saturated carbocycles. The number of unbranched alkanes of at least 4 members (excludes halogenated alkanes) is 5. The second-order valence-electron chi connectivity index (χ2n) is 6.92. The summed E-state index contributed by atoms with van der Waals surface area (Å²) < 4.78 is -1.79. The van der Waals surface area contributed by atoms with Crippen LogP contribution in [0.4, 0.5) is 11.4 Å². The van der Waals surface area contributed by atoms with Crippen LogP contribution >= 0.6 is 47.0 Å². The van der Waals surface area contributed by atoms with Crippen LogP contribution in [0.5, 0.6) is 0 Å². The highest BCUT2D eigenvalue weighted by molar-refractivity contribution is 7.80. The van der Waals surface area contributed by atoms with Gasteiger partial charge in [0.1, 0.15) is 6.17 Å². The molecule has 1 aromatic rings. The van der Waals surface area contributed by atoms with Gasteiger partial charge < -0.3 is 21.3 Å². The average Bonchev–Trinajstić information content (AvgIpc) is 2.64. The fourth-order valence-electron chi connectivity index (χ4n) is 2.64. The van der Waals surface area contributed by atoms with E-state index in [2.05, 4.69) is 28.2 Å². The molecule has 2 amide bonds. The third kappa shape index (κ3) is 11.8. The maximum Gasteiger partial charge on any atom is 0.228 e. The monoisotopic (exact) mass is 494 g/mol. The zero-order chi connectivity index (χ0) is 22.6. The molecule has 0 aliphatic heterocycles. The van der Waals surface area contributed by atoms with Crippen molar-refractivity contribution in [2.45, 2.75) is 68.8 Å². The van der Waals surface area contributed by atoms with Gasteiger partial charge in [-0.3, -0.25) is 9.59 Å². The van der Waals surface area contributed by atoms with Gasteiger partial charge in [0.25, 0.3) is 0 Å². The van der Waals surface area contributed by atoms with E-state index in [0.29, 0.717) is 17.8 Å². The predicted octanol–water partition coefficient (Wildman–Crippen LogP) is 5.49. The molecule has 168 valence electrons. The van der Waals surface area contributed by atoms with Gasteiger partial charge in [-0.15, -0.1) is 0 Å². The Kier molecular flexibility index (Phi) is 12.4. The quantitative estimate of drug-likeness (QED) is 0.141. The van der Waals surface area contributed by atoms with E-state index in [0.717, 1.165) is 19.3 Å². The summed E-state index contributed by atoms with van der Waals surface area (Å²) in [7, 11) is 0. The first-order valence-electron chi connectivity index (χ1n) is 9.93. The van der Waals surface area contributed by atoms with E-state index in [9.17, 15) is 9.59 Å². The molecule has 0 aliphatic rings. The lowest BCUT2D eigenvalue weighted by Gasteiger charge is -2.27. The largest absolute Gasteiger partial charge is 0.339 e. The van der Waals surface area contributed by atoms with E-state index < -0.39 is 9.96 Å². The molecule has 0 radical (unpaired) electrons. The summed E-state index contributed by atoms with van der Waals surface area (Å²) in [6, 6.07) is 6.92. The number of amides is 2. The highest BCUT2D eigenvalue weighted by Crippen LogP contribution is 2.29. The molecule has 0 aliphatic carbocycles. The number of hydrogen-bond donors (Lipinski definition) is 4. The second kappa shape index (κ2) is 13.9. The summed E-state index contributed by atoms with van der Waals surface area (Å²) in [6.45, 7) is 3.60. The van der Waals surface area contributed by atoms with Crippen molar-refractivity contribution in [1.82, 2.24) is 10.6 Å². The smallest absolute Gasteiger partial charge is 0.228 e. The average molecular weight is 496 g/mol. The maximum atomic E-state index is 12.2. The SMILES string of the molecule is CCCCCCCCC(=O)N[C@H](NC(=S)Nc1ccc(NC(C)=O)cc1)C(Cl)(Cl)Cl. The maximum absolute atomic E-state index is 12.2. The number of alkyl halides is 3. The van der Waals surface area contributed by atoms with Gasteiger partial charge in [0, 0.05) is 24.7 Å². The van der Waals surface area contributed by atoms with Crippen LogP contribution < -0.4 is 21.3 Å². The number of halogens is 3. The highest BCUT2D eigenvalue weighted by atomic mass is 35.6. The predicted molar refractivity (Wildman–Crippen MR) is 130 cm³/mol. The van der Waals surface area contributed by atoms with Crippen LogP contribution in [0.2, 0.25) is 0 Å². The van der Waals surface area contributed by atoms with Gasteiger partial charge in [0.05, 0.1) is 0 Å². The Morgan fingerprint density at radius 3 is 2.00 bits per heavy atom. The van der Waals surface area contributed by atoms with E-state index in [1.165, 1.54) is 26.2 Å². The fourth-order valence-corrected chi connectivity index (χ4v) is 3.20. The van der Waals surface area contributed by atoms with E-state index >= 15 is 0 Å². The van der Waals surface area contributed by atoms with Gasteiger partial charge in [-0.2, -0.15) is 0 Å². The molecule has 1 rings (SSSR count). The molecule has 0 fully saturated rings. The molecule has 1 atom stereocenters. The van der Waals surface area contributed by atoms with Crippen LogP contribution in [0.3, 0.4) is 0 Å². The van der Waals surface area contributed by atoms with Gasteiger partial charge in [0.2, 0.25) is 15.6 Å². The lowest BCUT2D eigenvalue weighted by molar-refractivity contribution is -0.122. The van der Waals surface area contributed by atoms with Crippen molar-refractivity contribution in [3.63, 3.8) is 0 Å². The van der Waals surface area contributed by atoms with Crippen LogP contribution in [0, 0.1) is 0 Å². The first-order chi connectivity index (χ1) is 14.1. The van der Waals surface area contributed by atoms with Crippen molar-refractivity contribution in [3.05, 3.63) is 24.3 Å². The van der Waals surface area contributed by atoms with Crippen LogP contribution in [-0.4, -0.2) is 26.9 Å². The summed E-state index contributed by atoms with van der Waals surface area (Å²) in [5, 5.41) is 11.3. The molecule has 1 aromatic carbocycles. The number of carbonyl (C=O) groups is 2. The van der Waals surface area contributed by atoms with E-state index in [4.69, 9.17) is 47.0 Å². The molecule has 0 unspecified atom stereocenters. The Morgan fingerprint density at radius 1 is 0.933 bits per heavy atom. The Labute approximate surface area is 198 Å². The van der Waals surface area contributed by atoms with Crippen LogP contribution in [0.25, 0.3) is 0 Å². The van der Waals surface area contributed by atoms with Crippen molar-refractivity contribution in [2.75, 3.05) is 10.6 Å². The van der Waals surface area contributed by atoms with E-state index in [1.54, 1.807) is 24.3 Å². The minimum absolute atomic E-state index is 0.157. The van der Waals surface area contributed by atoms with Crippen molar-refractivity contribution in [3.8, 4) is 0 Å². The molecule has 30 heavy (non-hydrogen) atoms. The molecular weight excluding hydrogens is 467 g/mol. The Balaban J connectivity index is 2.52. The van der Waals surface area contributed by atoms with Crippen LogP contribution in [0.1, 0.15) is 58.8 Å². The molecule has 0 spiro atoms. The first-order valence-corrected chi connectivity index (χ1v) is 11.5. The zero-order valence-electron chi connectivity index (χ0n) is 17.2. The Hall–Kier alpha value is -1.28. The third-order valence-corrected chi connectivity index (χ3v) is 5.00. The molecule has 0 saturated heterocycles. The molecular formula is C20H29Cl3N4O2S. The van der Waals surface area contributed by atoms with Crippen LogP contribution in [-0.2, 0) is 9.59 Å². The molecule has 10 heteroatoms. The van der Waals surface area contributed by atoms with Crippen molar-refractivity contribution in [1.29, 1.82) is 0 Å². The Morgan fingerprint density at radius 2 is 1.47 bits per heavy atom. The number of hydrogen-bond acceptors (Lipinski definition) is 3. The summed E-state index contributed by atoms with van der Waals surface area (Å²) >= 11 is 23.3. The number of thiocarbonyl (C=S) groups is 1. The lowest BCUT2D eigenvalue weighted by atomic mass is 10.1. The number of carbonyl (C=O) groups excluding carboxylic acids is 2. The standard InChI is InChI=1S/C20H29Cl3N4O2S/c1-3-4-5-6-7-8-9-17(29)26-18(20(21,22)23)27-19(30)25-16-12-10-15(11-13-16)24-14(2)28/h10-13,18H,3-9H2,1-2H3,(H,24,28)(H,26,29)(H2,25,27,30)/t18-/m1/s1. The van der Waals surface area contributed by atoms with Gasteiger partial charge in [-0.1, -0.05) is 73.8 Å². The van der Waals surface area contributed by atoms with Gasteiger partial charge in [-0.05, 0) is 42.9 Å². The zero-order valence-corrected chi connectivity index (χ0v) is 20.3. The van der Waals surface area contributed by atoms with Gasteiger partial charge >= 0.3 is 0 Å². The number of benzene rings is 1. The second-order valence-corrected chi connectivity index (χ2v) is 9.69. The van der Waals surface area contributed by atoms with Crippen molar-refractivity contribution >= 4 is 75.3 Å². The van der Waals surface area contributed by atoms with Gasteiger partial charge in [0.15, 0.2) is 5.11 Å². The van der Waals surface area contributed by atoms with Crippen molar-refractivity contribution in [2.24, 2.45) is 0 Å². The summed E-state index contributed by atoms with van der Waals surface area (Å²) in [5.74, 6) is -0.369. The summed E-state index contributed by atoms with van der Waals surface area (Å²) in [5.41, 5.74) is 1.33. The summed E-state index contributed by atoms with van der Waals surface area (Å²) in [4.78, 5) is 23.3. The van der Waals surface area contributed by atoms with Crippen LogP contribution in [0.15, 0.2) is 24.3 Å². The number of rotatable bonds is 11.